The monoisotopic (exact) mass is 274 g/mol. The third kappa shape index (κ3) is 5.61. The molecule has 0 aliphatic carbocycles. The van der Waals surface area contributed by atoms with Crippen LogP contribution in [-0.4, -0.2) is 19.0 Å². The van der Waals surface area contributed by atoms with Crippen molar-refractivity contribution >= 4 is 17.3 Å². The number of hydrogen-bond acceptors (Lipinski definition) is 4. The highest BCUT2D eigenvalue weighted by Gasteiger charge is 2.03. The molecule has 0 unspecified atom stereocenters. The zero-order valence-corrected chi connectivity index (χ0v) is 12.1. The summed E-state index contributed by atoms with van der Waals surface area (Å²) in [5.74, 6) is 0.497. The third-order valence-electron chi connectivity index (χ3n) is 2.80. The van der Waals surface area contributed by atoms with Gasteiger partial charge in [0.2, 0.25) is 5.91 Å². The highest BCUT2D eigenvalue weighted by atomic mass is 16.1. The van der Waals surface area contributed by atoms with Gasteiger partial charge in [-0.25, -0.2) is 0 Å². The fourth-order valence-electron chi connectivity index (χ4n) is 1.68. The molecular weight excluding hydrogens is 252 g/mol. The Morgan fingerprint density at radius 2 is 2.20 bits per heavy atom. The second-order valence-electron chi connectivity index (χ2n) is 5.12. The lowest BCUT2D eigenvalue weighted by Gasteiger charge is -2.10. The van der Waals surface area contributed by atoms with Crippen molar-refractivity contribution in [2.45, 2.75) is 26.7 Å². The SMILES string of the molecule is CC(C)CNC(=O)CCNc1ccc(N)c(CC#N)c1. The van der Waals surface area contributed by atoms with Crippen LogP contribution in [0.3, 0.4) is 0 Å². The predicted molar refractivity (Wildman–Crippen MR) is 81.1 cm³/mol. The van der Waals surface area contributed by atoms with Crippen LogP contribution < -0.4 is 16.4 Å². The summed E-state index contributed by atoms with van der Waals surface area (Å²) in [5.41, 5.74) is 8.08. The molecule has 4 N–H and O–H groups in total. The van der Waals surface area contributed by atoms with Crippen LogP contribution in [0.4, 0.5) is 11.4 Å². The van der Waals surface area contributed by atoms with E-state index in [0.717, 1.165) is 11.3 Å². The fraction of sp³-hybridized carbons (Fsp3) is 0.467. The van der Waals surface area contributed by atoms with Gasteiger partial charge in [-0.1, -0.05) is 13.8 Å². The molecule has 0 aliphatic heterocycles. The molecule has 0 aliphatic rings. The molecule has 0 bridgehead atoms. The number of anilines is 2. The minimum absolute atomic E-state index is 0.0406. The number of nitrogen functional groups attached to an aromatic ring is 1. The highest BCUT2D eigenvalue weighted by Crippen LogP contribution is 2.18. The normalized spacial score (nSPS) is 10.1. The Morgan fingerprint density at radius 3 is 2.85 bits per heavy atom. The Labute approximate surface area is 120 Å². The summed E-state index contributed by atoms with van der Waals surface area (Å²) in [7, 11) is 0. The number of nitrogens with zero attached hydrogens (tertiary/aromatic N) is 1. The van der Waals surface area contributed by atoms with E-state index in [1.54, 1.807) is 6.07 Å². The molecule has 0 saturated heterocycles. The summed E-state index contributed by atoms with van der Waals surface area (Å²) in [6.07, 6.45) is 0.709. The van der Waals surface area contributed by atoms with E-state index in [1.165, 1.54) is 0 Å². The second kappa shape index (κ2) is 8.05. The lowest BCUT2D eigenvalue weighted by atomic mass is 10.1. The molecule has 0 fully saturated rings. The van der Waals surface area contributed by atoms with Gasteiger partial charge in [0.05, 0.1) is 12.5 Å². The van der Waals surface area contributed by atoms with Crippen LogP contribution in [0.15, 0.2) is 18.2 Å². The molecule has 0 spiro atoms. The molecular formula is C15H22N4O. The van der Waals surface area contributed by atoms with Crippen molar-refractivity contribution in [2.75, 3.05) is 24.1 Å². The minimum atomic E-state index is 0.0406. The topological polar surface area (TPSA) is 90.9 Å². The Kier molecular flexibility index (Phi) is 6.38. The average molecular weight is 274 g/mol. The smallest absolute Gasteiger partial charge is 0.221 e. The molecule has 0 aromatic heterocycles. The van der Waals surface area contributed by atoms with Gasteiger partial charge in [0.1, 0.15) is 0 Å². The first-order chi connectivity index (χ1) is 9.52. The number of carbonyl (C=O) groups is 1. The number of benzene rings is 1. The van der Waals surface area contributed by atoms with Crippen LogP contribution >= 0.6 is 0 Å². The zero-order chi connectivity index (χ0) is 15.0. The van der Waals surface area contributed by atoms with Crippen LogP contribution in [-0.2, 0) is 11.2 Å². The van der Waals surface area contributed by atoms with Crippen molar-refractivity contribution in [1.29, 1.82) is 5.26 Å². The van der Waals surface area contributed by atoms with Crippen LogP contribution in [0.25, 0.3) is 0 Å². The first-order valence-corrected chi connectivity index (χ1v) is 6.79. The lowest BCUT2D eigenvalue weighted by Crippen LogP contribution is -2.28. The fourth-order valence-corrected chi connectivity index (χ4v) is 1.68. The van der Waals surface area contributed by atoms with E-state index >= 15 is 0 Å². The summed E-state index contributed by atoms with van der Waals surface area (Å²) < 4.78 is 0. The summed E-state index contributed by atoms with van der Waals surface area (Å²) in [5, 5.41) is 14.7. The molecule has 1 aromatic rings. The van der Waals surface area contributed by atoms with Gasteiger partial charge >= 0.3 is 0 Å². The standard InChI is InChI=1S/C15H22N4O/c1-11(2)10-19-15(20)6-8-18-13-3-4-14(17)12(9-13)5-7-16/h3-4,9,11,18H,5-6,8,10,17H2,1-2H3,(H,19,20). The molecule has 0 radical (unpaired) electrons. The van der Waals surface area contributed by atoms with Gasteiger partial charge in [0, 0.05) is 30.9 Å². The van der Waals surface area contributed by atoms with Crippen molar-refractivity contribution in [3.8, 4) is 6.07 Å². The van der Waals surface area contributed by atoms with Gasteiger partial charge in [0.15, 0.2) is 0 Å². The molecule has 0 saturated carbocycles. The lowest BCUT2D eigenvalue weighted by molar-refractivity contribution is -0.120. The van der Waals surface area contributed by atoms with Gasteiger partial charge in [-0.05, 0) is 29.7 Å². The number of nitriles is 1. The minimum Gasteiger partial charge on any atom is -0.398 e. The van der Waals surface area contributed by atoms with Crippen LogP contribution in [0, 0.1) is 17.2 Å². The van der Waals surface area contributed by atoms with Gasteiger partial charge < -0.3 is 16.4 Å². The molecule has 5 heteroatoms. The Hall–Kier alpha value is -2.22. The van der Waals surface area contributed by atoms with Crippen LogP contribution in [0.5, 0.6) is 0 Å². The van der Waals surface area contributed by atoms with Crippen LogP contribution in [0.1, 0.15) is 25.8 Å². The van der Waals surface area contributed by atoms with Crippen molar-refractivity contribution < 1.29 is 4.79 Å². The van der Waals surface area contributed by atoms with Gasteiger partial charge in [-0.2, -0.15) is 5.26 Å². The summed E-state index contributed by atoms with van der Waals surface area (Å²) >= 11 is 0. The summed E-state index contributed by atoms with van der Waals surface area (Å²) in [6, 6.07) is 7.55. The largest absolute Gasteiger partial charge is 0.398 e. The highest BCUT2D eigenvalue weighted by molar-refractivity contribution is 5.76. The first kappa shape index (κ1) is 15.8. The summed E-state index contributed by atoms with van der Waals surface area (Å²) in [6.45, 7) is 5.38. The predicted octanol–water partition coefficient (Wildman–Crippen LogP) is 1.91. The Balaban J connectivity index is 2.40. The van der Waals surface area contributed by atoms with Crippen molar-refractivity contribution in [2.24, 2.45) is 5.92 Å². The van der Waals surface area contributed by atoms with E-state index in [2.05, 4.69) is 30.6 Å². The number of rotatable bonds is 7. The number of nitrogens with two attached hydrogens (primary N) is 1. The molecule has 0 atom stereocenters. The number of hydrogen-bond donors (Lipinski definition) is 3. The maximum absolute atomic E-state index is 11.5. The second-order valence-corrected chi connectivity index (χ2v) is 5.12. The van der Waals surface area contributed by atoms with E-state index in [0.29, 0.717) is 31.1 Å². The van der Waals surface area contributed by atoms with Gasteiger partial charge in [-0.15, -0.1) is 0 Å². The Morgan fingerprint density at radius 1 is 1.45 bits per heavy atom. The van der Waals surface area contributed by atoms with E-state index in [4.69, 9.17) is 11.0 Å². The van der Waals surface area contributed by atoms with E-state index in [1.807, 2.05) is 12.1 Å². The van der Waals surface area contributed by atoms with Crippen molar-refractivity contribution in [3.63, 3.8) is 0 Å². The first-order valence-electron chi connectivity index (χ1n) is 6.79. The average Bonchev–Trinajstić information content (AvgIpc) is 2.40. The maximum Gasteiger partial charge on any atom is 0.221 e. The van der Waals surface area contributed by atoms with Crippen molar-refractivity contribution in [1.82, 2.24) is 5.32 Å². The number of carbonyl (C=O) groups excluding carboxylic acids is 1. The van der Waals surface area contributed by atoms with Gasteiger partial charge in [-0.3, -0.25) is 4.79 Å². The third-order valence-corrected chi connectivity index (χ3v) is 2.80. The number of amides is 1. The molecule has 20 heavy (non-hydrogen) atoms. The molecule has 0 heterocycles. The quantitative estimate of drug-likeness (QED) is 0.662. The molecule has 1 aromatic carbocycles. The van der Waals surface area contributed by atoms with E-state index in [-0.39, 0.29) is 12.3 Å². The van der Waals surface area contributed by atoms with E-state index in [9.17, 15) is 4.79 Å². The van der Waals surface area contributed by atoms with Crippen molar-refractivity contribution in [3.05, 3.63) is 23.8 Å². The molecule has 1 amide bonds. The van der Waals surface area contributed by atoms with Crippen LogP contribution in [0.2, 0.25) is 0 Å². The van der Waals surface area contributed by atoms with E-state index < -0.39 is 0 Å². The molecule has 5 nitrogen and oxygen atoms in total. The molecule has 108 valence electrons. The zero-order valence-electron chi connectivity index (χ0n) is 12.1. The number of nitrogens with one attached hydrogen (secondary N) is 2. The Bertz CT molecular complexity index is 491. The van der Waals surface area contributed by atoms with Gasteiger partial charge in [0.25, 0.3) is 0 Å². The molecule has 1 rings (SSSR count). The maximum atomic E-state index is 11.5. The summed E-state index contributed by atoms with van der Waals surface area (Å²) in [4.78, 5) is 11.5.